The van der Waals surface area contributed by atoms with Gasteiger partial charge in [0.25, 0.3) is 0 Å². The Labute approximate surface area is 110 Å². The van der Waals surface area contributed by atoms with Crippen LogP contribution in [0.5, 0.6) is 0 Å². The van der Waals surface area contributed by atoms with Crippen LogP contribution >= 0.6 is 43.2 Å². The highest BCUT2D eigenvalue weighted by molar-refractivity contribution is 9.11. The van der Waals surface area contributed by atoms with Gasteiger partial charge in [-0.15, -0.1) is 0 Å². The summed E-state index contributed by atoms with van der Waals surface area (Å²) in [5.41, 5.74) is 8.43. The molecule has 0 amide bonds. The van der Waals surface area contributed by atoms with Crippen LogP contribution in [-0.4, -0.2) is 0 Å². The maximum Gasteiger partial charge on any atom is 0.0560 e. The van der Waals surface area contributed by atoms with Crippen molar-refractivity contribution in [2.75, 3.05) is 0 Å². The molecule has 1 atom stereocenters. The Morgan fingerprint density at radius 1 is 1.07 bits per heavy atom. The van der Waals surface area contributed by atoms with Gasteiger partial charge in [0, 0.05) is 8.95 Å². The molecular weight excluding hydrogens is 338 g/mol. The van der Waals surface area contributed by atoms with E-state index in [1.54, 1.807) is 11.3 Å². The van der Waals surface area contributed by atoms with Gasteiger partial charge in [0.1, 0.15) is 0 Å². The van der Waals surface area contributed by atoms with E-state index in [2.05, 4.69) is 43.3 Å². The van der Waals surface area contributed by atoms with Crippen molar-refractivity contribution in [2.45, 2.75) is 6.04 Å². The van der Waals surface area contributed by atoms with Crippen molar-refractivity contribution in [2.24, 2.45) is 5.73 Å². The van der Waals surface area contributed by atoms with Gasteiger partial charge in [0.15, 0.2) is 0 Å². The van der Waals surface area contributed by atoms with E-state index in [0.29, 0.717) is 0 Å². The third-order valence-electron chi connectivity index (χ3n) is 2.15. The molecular formula is C11H9Br2NS. The third kappa shape index (κ3) is 2.69. The molecule has 1 heterocycles. The monoisotopic (exact) mass is 345 g/mol. The molecule has 0 aliphatic carbocycles. The topological polar surface area (TPSA) is 26.0 Å². The predicted octanol–water partition coefficient (Wildman–Crippen LogP) is 4.32. The Balaban J connectivity index is 2.37. The largest absolute Gasteiger partial charge is 0.320 e. The second-order valence-corrected chi connectivity index (χ2v) is 5.85. The fraction of sp³-hybridized carbons (Fsp3) is 0.0909. The second kappa shape index (κ2) is 4.78. The normalized spacial score (nSPS) is 12.7. The maximum absolute atomic E-state index is 6.16. The smallest absolute Gasteiger partial charge is 0.0560 e. The fourth-order valence-corrected chi connectivity index (χ4v) is 3.42. The Kier molecular flexibility index (Phi) is 3.61. The van der Waals surface area contributed by atoms with E-state index in [1.165, 1.54) is 0 Å². The van der Waals surface area contributed by atoms with E-state index >= 15 is 0 Å². The average molecular weight is 347 g/mol. The minimum atomic E-state index is -0.0509. The highest BCUT2D eigenvalue weighted by Crippen LogP contribution is 2.27. The number of hydrogen-bond acceptors (Lipinski definition) is 2. The predicted molar refractivity (Wildman–Crippen MR) is 72.2 cm³/mol. The van der Waals surface area contributed by atoms with Crippen LogP contribution in [0.4, 0.5) is 0 Å². The molecule has 1 nitrogen and oxygen atoms in total. The first-order valence-electron chi connectivity index (χ1n) is 4.40. The molecule has 0 radical (unpaired) electrons. The van der Waals surface area contributed by atoms with E-state index in [4.69, 9.17) is 5.73 Å². The van der Waals surface area contributed by atoms with Gasteiger partial charge >= 0.3 is 0 Å². The van der Waals surface area contributed by atoms with Gasteiger partial charge in [-0.25, -0.2) is 0 Å². The van der Waals surface area contributed by atoms with Gasteiger partial charge in [0.2, 0.25) is 0 Å². The zero-order valence-electron chi connectivity index (χ0n) is 7.78. The summed E-state index contributed by atoms with van der Waals surface area (Å²) in [6.07, 6.45) is 0. The van der Waals surface area contributed by atoms with E-state index in [-0.39, 0.29) is 6.04 Å². The van der Waals surface area contributed by atoms with Crippen LogP contribution in [0.2, 0.25) is 0 Å². The summed E-state index contributed by atoms with van der Waals surface area (Å²) in [4.78, 5) is 0. The number of rotatable bonds is 2. The summed E-state index contributed by atoms with van der Waals surface area (Å²) in [5, 5.41) is 4.13. The molecule has 0 saturated carbocycles. The quantitative estimate of drug-likeness (QED) is 0.860. The van der Waals surface area contributed by atoms with E-state index < -0.39 is 0 Å². The molecule has 2 N–H and O–H groups in total. The Morgan fingerprint density at radius 2 is 1.73 bits per heavy atom. The molecule has 0 unspecified atom stereocenters. The lowest BCUT2D eigenvalue weighted by atomic mass is 10.0. The highest BCUT2D eigenvalue weighted by Gasteiger charge is 2.10. The van der Waals surface area contributed by atoms with E-state index in [1.807, 2.05) is 23.6 Å². The average Bonchev–Trinajstić information content (AvgIpc) is 2.67. The van der Waals surface area contributed by atoms with Crippen molar-refractivity contribution in [3.05, 3.63) is 55.1 Å². The maximum atomic E-state index is 6.16. The highest BCUT2D eigenvalue weighted by atomic mass is 79.9. The lowest BCUT2D eigenvalue weighted by molar-refractivity contribution is 0.875. The Bertz CT molecular complexity index is 433. The molecule has 0 fully saturated rings. The third-order valence-corrected chi connectivity index (χ3v) is 3.76. The molecule has 15 heavy (non-hydrogen) atoms. The molecule has 0 spiro atoms. The zero-order chi connectivity index (χ0) is 10.8. The Morgan fingerprint density at radius 3 is 2.27 bits per heavy atom. The van der Waals surface area contributed by atoms with Crippen LogP contribution < -0.4 is 5.73 Å². The van der Waals surface area contributed by atoms with Crippen molar-refractivity contribution in [3.8, 4) is 0 Å². The summed E-state index contributed by atoms with van der Waals surface area (Å²) in [7, 11) is 0. The van der Waals surface area contributed by atoms with Crippen LogP contribution in [0, 0.1) is 0 Å². The zero-order valence-corrected chi connectivity index (χ0v) is 11.8. The fourth-order valence-electron chi connectivity index (χ4n) is 1.40. The van der Waals surface area contributed by atoms with Crippen LogP contribution in [0.3, 0.4) is 0 Å². The standard InChI is InChI=1S/C11H9Br2NS/c12-9-3-8(4-10(13)5-9)11(14)7-1-2-15-6-7/h1-6,11H,14H2/t11-/m1/s1. The lowest BCUT2D eigenvalue weighted by Gasteiger charge is -2.11. The summed E-state index contributed by atoms with van der Waals surface area (Å²) in [6, 6.07) is 8.11. The summed E-state index contributed by atoms with van der Waals surface area (Å²) < 4.78 is 2.08. The number of nitrogens with two attached hydrogens (primary N) is 1. The van der Waals surface area contributed by atoms with E-state index in [9.17, 15) is 0 Å². The lowest BCUT2D eigenvalue weighted by Crippen LogP contribution is -2.10. The van der Waals surface area contributed by atoms with E-state index in [0.717, 1.165) is 20.1 Å². The second-order valence-electron chi connectivity index (χ2n) is 3.24. The van der Waals surface area contributed by atoms with Crippen LogP contribution in [0.25, 0.3) is 0 Å². The number of thiophene rings is 1. The van der Waals surface area contributed by atoms with Crippen molar-refractivity contribution < 1.29 is 0 Å². The SMILES string of the molecule is N[C@H](c1ccsc1)c1cc(Br)cc(Br)c1. The summed E-state index contributed by atoms with van der Waals surface area (Å²) in [5.74, 6) is 0. The van der Waals surface area contributed by atoms with Gasteiger partial charge in [-0.1, -0.05) is 31.9 Å². The first-order chi connectivity index (χ1) is 7.16. The molecule has 0 saturated heterocycles. The van der Waals surface area contributed by atoms with Crippen molar-refractivity contribution in [1.29, 1.82) is 0 Å². The van der Waals surface area contributed by atoms with Crippen LogP contribution in [0.1, 0.15) is 17.2 Å². The van der Waals surface area contributed by atoms with Crippen molar-refractivity contribution in [1.82, 2.24) is 0 Å². The van der Waals surface area contributed by atoms with Gasteiger partial charge in [-0.2, -0.15) is 11.3 Å². The summed E-state index contributed by atoms with van der Waals surface area (Å²) in [6.45, 7) is 0. The van der Waals surface area contributed by atoms with Crippen molar-refractivity contribution >= 4 is 43.2 Å². The molecule has 0 aliphatic heterocycles. The minimum absolute atomic E-state index is 0.0509. The number of halogens is 2. The number of benzene rings is 1. The van der Waals surface area contributed by atoms with Crippen molar-refractivity contribution in [3.63, 3.8) is 0 Å². The first-order valence-corrected chi connectivity index (χ1v) is 6.93. The molecule has 1 aromatic carbocycles. The minimum Gasteiger partial charge on any atom is -0.320 e. The summed E-state index contributed by atoms with van der Waals surface area (Å²) >= 11 is 8.59. The molecule has 2 aromatic rings. The van der Waals surface area contributed by atoms with Crippen LogP contribution in [-0.2, 0) is 0 Å². The Hall–Kier alpha value is -0.160. The number of hydrogen-bond donors (Lipinski definition) is 1. The first kappa shape index (κ1) is 11.3. The molecule has 1 aromatic heterocycles. The van der Waals surface area contributed by atoms with Gasteiger partial charge in [0.05, 0.1) is 6.04 Å². The van der Waals surface area contributed by atoms with Gasteiger partial charge < -0.3 is 5.73 Å². The molecule has 0 aliphatic rings. The molecule has 2 rings (SSSR count). The van der Waals surface area contributed by atoms with Crippen LogP contribution in [0.15, 0.2) is 44.0 Å². The van der Waals surface area contributed by atoms with Gasteiger partial charge in [-0.05, 0) is 46.2 Å². The molecule has 4 heteroatoms. The molecule has 0 bridgehead atoms. The van der Waals surface area contributed by atoms with Gasteiger partial charge in [-0.3, -0.25) is 0 Å². The molecule has 78 valence electrons.